The summed E-state index contributed by atoms with van der Waals surface area (Å²) in [7, 11) is 0. The lowest BCUT2D eigenvalue weighted by Crippen LogP contribution is -2.22. The molecule has 0 fully saturated rings. The van der Waals surface area contributed by atoms with Gasteiger partial charge in [-0.1, -0.05) is 0 Å². The summed E-state index contributed by atoms with van der Waals surface area (Å²) in [6.45, 7) is 2.02. The van der Waals surface area contributed by atoms with E-state index in [2.05, 4.69) is 10.6 Å². The zero-order valence-electron chi connectivity index (χ0n) is 15.5. The fraction of sp³-hybridized carbons (Fsp3) is 0.143. The molecule has 1 aromatic heterocycles. The predicted octanol–water partition coefficient (Wildman–Crippen LogP) is 4.38. The molecule has 0 aliphatic carbocycles. The number of carbonyl (C=O) groups excluding carboxylic acids is 2. The second-order valence-corrected chi connectivity index (χ2v) is 7.69. The quantitative estimate of drug-likeness (QED) is 0.586. The molecule has 0 radical (unpaired) electrons. The van der Waals surface area contributed by atoms with Gasteiger partial charge in [-0.3, -0.25) is 9.59 Å². The Morgan fingerprint density at radius 1 is 0.966 bits per heavy atom. The summed E-state index contributed by atoms with van der Waals surface area (Å²) in [5.41, 5.74) is 1.30. The van der Waals surface area contributed by atoms with E-state index in [-0.39, 0.29) is 29.6 Å². The largest absolute Gasteiger partial charge is 0.459 e. The number of anilines is 2. The Morgan fingerprint density at radius 2 is 1.72 bits per heavy atom. The minimum absolute atomic E-state index is 0.121. The van der Waals surface area contributed by atoms with E-state index < -0.39 is 0 Å². The van der Waals surface area contributed by atoms with Gasteiger partial charge in [0.25, 0.3) is 5.91 Å². The molecule has 4 rings (SSSR count). The Kier molecular flexibility index (Phi) is 5.44. The van der Waals surface area contributed by atoms with Gasteiger partial charge in [-0.15, -0.1) is 11.8 Å². The summed E-state index contributed by atoms with van der Waals surface area (Å²) in [6, 6.07) is 15.8. The van der Waals surface area contributed by atoms with Crippen molar-refractivity contribution < 1.29 is 23.5 Å². The van der Waals surface area contributed by atoms with Gasteiger partial charge in [0.1, 0.15) is 0 Å². The molecule has 2 heterocycles. The van der Waals surface area contributed by atoms with Crippen LogP contribution in [0.1, 0.15) is 17.5 Å². The SMILES string of the molecule is CC(Sc1ccc(NC(=O)c2ccco2)cc1)C(=O)Nc1ccc2c(c1)OCO2. The highest BCUT2D eigenvalue weighted by Gasteiger charge is 2.18. The number of rotatable bonds is 6. The van der Waals surface area contributed by atoms with Gasteiger partial charge in [0.15, 0.2) is 17.3 Å². The molecular formula is C21H18N2O5S. The standard InChI is InChI=1S/C21H18N2O5S/c1-13(20(24)23-15-6-9-17-19(11-15)28-12-27-17)29-16-7-4-14(5-8-16)22-21(25)18-3-2-10-26-18/h2-11,13H,12H2,1H3,(H,22,25)(H,23,24). The molecule has 2 N–H and O–H groups in total. The monoisotopic (exact) mass is 410 g/mol. The zero-order valence-corrected chi connectivity index (χ0v) is 16.3. The van der Waals surface area contributed by atoms with Crippen LogP contribution in [0.15, 0.2) is 70.2 Å². The van der Waals surface area contributed by atoms with E-state index in [0.29, 0.717) is 22.9 Å². The molecule has 29 heavy (non-hydrogen) atoms. The number of carbonyl (C=O) groups is 2. The van der Waals surface area contributed by atoms with Gasteiger partial charge < -0.3 is 24.5 Å². The van der Waals surface area contributed by atoms with Gasteiger partial charge in [-0.25, -0.2) is 0 Å². The average molecular weight is 410 g/mol. The van der Waals surface area contributed by atoms with E-state index >= 15 is 0 Å². The lowest BCUT2D eigenvalue weighted by molar-refractivity contribution is -0.115. The second-order valence-electron chi connectivity index (χ2n) is 6.27. The molecule has 1 aliphatic heterocycles. The molecule has 1 atom stereocenters. The Balaban J connectivity index is 1.32. The molecule has 0 spiro atoms. The number of thioether (sulfide) groups is 1. The van der Waals surface area contributed by atoms with Crippen LogP contribution < -0.4 is 20.1 Å². The van der Waals surface area contributed by atoms with Gasteiger partial charge in [-0.2, -0.15) is 0 Å². The normalized spacial score (nSPS) is 13.0. The first-order chi connectivity index (χ1) is 14.1. The average Bonchev–Trinajstić information content (AvgIpc) is 3.41. The third-order valence-corrected chi connectivity index (χ3v) is 5.29. The maximum atomic E-state index is 12.5. The van der Waals surface area contributed by atoms with Crippen LogP contribution in [0.2, 0.25) is 0 Å². The van der Waals surface area contributed by atoms with Crippen LogP contribution in [0.3, 0.4) is 0 Å². The van der Waals surface area contributed by atoms with Crippen LogP contribution >= 0.6 is 11.8 Å². The van der Waals surface area contributed by atoms with E-state index in [0.717, 1.165) is 4.90 Å². The molecule has 2 amide bonds. The number of benzene rings is 2. The molecule has 0 saturated heterocycles. The van der Waals surface area contributed by atoms with E-state index in [1.165, 1.54) is 18.0 Å². The Bertz CT molecular complexity index is 1020. The zero-order chi connectivity index (χ0) is 20.2. The highest BCUT2D eigenvalue weighted by molar-refractivity contribution is 8.00. The fourth-order valence-corrected chi connectivity index (χ4v) is 3.56. The molecular weight excluding hydrogens is 392 g/mol. The van der Waals surface area contributed by atoms with Crippen molar-refractivity contribution in [2.75, 3.05) is 17.4 Å². The number of fused-ring (bicyclic) bond motifs is 1. The first-order valence-electron chi connectivity index (χ1n) is 8.90. The summed E-state index contributed by atoms with van der Waals surface area (Å²) in [5.74, 6) is 1.10. The molecule has 2 aromatic carbocycles. The van der Waals surface area contributed by atoms with E-state index in [4.69, 9.17) is 13.9 Å². The van der Waals surface area contributed by atoms with Gasteiger partial charge >= 0.3 is 0 Å². The van der Waals surface area contributed by atoms with Crippen molar-refractivity contribution in [1.82, 2.24) is 0 Å². The van der Waals surface area contributed by atoms with Gasteiger partial charge in [0.2, 0.25) is 12.7 Å². The maximum absolute atomic E-state index is 12.5. The third kappa shape index (κ3) is 4.55. The second kappa shape index (κ2) is 8.32. The molecule has 148 valence electrons. The van der Waals surface area contributed by atoms with Crippen LogP contribution in [0.4, 0.5) is 11.4 Å². The molecule has 0 bridgehead atoms. The minimum atomic E-state index is -0.316. The topological polar surface area (TPSA) is 89.8 Å². The van der Waals surface area contributed by atoms with Crippen LogP contribution in [0.5, 0.6) is 11.5 Å². The summed E-state index contributed by atoms with van der Waals surface area (Å²) >= 11 is 1.42. The van der Waals surface area contributed by atoms with Gasteiger partial charge in [0, 0.05) is 22.3 Å². The Hall–Kier alpha value is -3.39. The van der Waals surface area contributed by atoms with Crippen LogP contribution in [-0.2, 0) is 4.79 Å². The summed E-state index contributed by atoms with van der Waals surface area (Å²) < 4.78 is 15.7. The summed E-state index contributed by atoms with van der Waals surface area (Å²) in [6.07, 6.45) is 1.45. The molecule has 8 heteroatoms. The fourth-order valence-electron chi connectivity index (χ4n) is 2.69. The molecule has 0 saturated carbocycles. The Morgan fingerprint density at radius 3 is 2.48 bits per heavy atom. The third-order valence-electron chi connectivity index (χ3n) is 4.18. The lowest BCUT2D eigenvalue weighted by atomic mass is 10.2. The van der Waals surface area contributed by atoms with Crippen molar-refractivity contribution in [3.63, 3.8) is 0 Å². The molecule has 1 unspecified atom stereocenters. The van der Waals surface area contributed by atoms with Crippen molar-refractivity contribution in [1.29, 1.82) is 0 Å². The number of hydrogen-bond donors (Lipinski definition) is 2. The van der Waals surface area contributed by atoms with Crippen LogP contribution in [0.25, 0.3) is 0 Å². The highest BCUT2D eigenvalue weighted by Crippen LogP contribution is 2.34. The summed E-state index contributed by atoms with van der Waals surface area (Å²) in [4.78, 5) is 25.4. The van der Waals surface area contributed by atoms with E-state index in [1.54, 1.807) is 42.5 Å². The summed E-state index contributed by atoms with van der Waals surface area (Å²) in [5, 5.41) is 5.32. The van der Waals surface area contributed by atoms with Crippen molar-refractivity contribution in [3.8, 4) is 11.5 Å². The van der Waals surface area contributed by atoms with E-state index in [9.17, 15) is 9.59 Å². The van der Waals surface area contributed by atoms with E-state index in [1.807, 2.05) is 19.1 Å². The van der Waals surface area contributed by atoms with Crippen molar-refractivity contribution in [3.05, 3.63) is 66.6 Å². The number of hydrogen-bond acceptors (Lipinski definition) is 6. The lowest BCUT2D eigenvalue weighted by Gasteiger charge is -2.13. The van der Waals surface area contributed by atoms with Crippen molar-refractivity contribution in [2.45, 2.75) is 17.1 Å². The molecule has 3 aromatic rings. The minimum Gasteiger partial charge on any atom is -0.459 e. The Labute approximate surface area is 171 Å². The molecule has 1 aliphatic rings. The number of nitrogens with one attached hydrogen (secondary N) is 2. The maximum Gasteiger partial charge on any atom is 0.291 e. The van der Waals surface area contributed by atoms with Crippen molar-refractivity contribution >= 4 is 35.0 Å². The number of furan rings is 1. The first-order valence-corrected chi connectivity index (χ1v) is 9.78. The number of ether oxygens (including phenoxy) is 2. The van der Waals surface area contributed by atoms with Crippen LogP contribution in [0, 0.1) is 0 Å². The number of amides is 2. The highest BCUT2D eigenvalue weighted by atomic mass is 32.2. The van der Waals surface area contributed by atoms with Crippen molar-refractivity contribution in [2.24, 2.45) is 0 Å². The van der Waals surface area contributed by atoms with Gasteiger partial charge in [-0.05, 0) is 55.5 Å². The smallest absolute Gasteiger partial charge is 0.291 e. The first kappa shape index (κ1) is 18.9. The molecule has 7 nitrogen and oxygen atoms in total. The predicted molar refractivity (Wildman–Crippen MR) is 110 cm³/mol. The van der Waals surface area contributed by atoms with Crippen LogP contribution in [-0.4, -0.2) is 23.9 Å². The van der Waals surface area contributed by atoms with Gasteiger partial charge in [0.05, 0.1) is 11.5 Å².